The fraction of sp³-hybridized carbons (Fsp3) is 0.600. The largest absolute Gasteiger partial charge is 0.316 e. The number of rotatable bonds is 4. The van der Waals surface area contributed by atoms with Crippen LogP contribution in [0.25, 0.3) is 0 Å². The third kappa shape index (κ3) is 2.01. The Kier molecular flexibility index (Phi) is 4.12. The van der Waals surface area contributed by atoms with E-state index in [4.69, 9.17) is 0 Å². The predicted octanol–water partition coefficient (Wildman–Crippen LogP) is 4.47. The normalized spacial score (nSPS) is 25.8. The molecule has 2 rings (SSSR count). The summed E-state index contributed by atoms with van der Waals surface area (Å²) >= 11 is 3.32. The van der Waals surface area contributed by atoms with Crippen molar-refractivity contribution in [1.29, 1.82) is 0 Å². The van der Waals surface area contributed by atoms with Gasteiger partial charge in [-0.1, -0.05) is 35.8 Å². The Balaban J connectivity index is 2.34. The third-order valence-corrected chi connectivity index (χ3v) is 5.36. The first-order valence-electron chi connectivity index (χ1n) is 6.71. The van der Waals surface area contributed by atoms with Crippen LogP contribution >= 0.6 is 15.9 Å². The van der Waals surface area contributed by atoms with Crippen LogP contribution in [-0.2, 0) is 0 Å². The molecule has 1 saturated carbocycles. The van der Waals surface area contributed by atoms with Gasteiger partial charge in [0, 0.05) is 10.5 Å². The number of hydrogen-bond acceptors (Lipinski definition) is 1. The molecule has 1 nitrogen and oxygen atoms in total. The van der Waals surface area contributed by atoms with Crippen LogP contribution in [0.3, 0.4) is 0 Å². The second-order valence-electron chi connectivity index (χ2n) is 5.24. The van der Waals surface area contributed by atoms with Gasteiger partial charge in [0.15, 0.2) is 0 Å². The van der Waals surface area contributed by atoms with E-state index in [1.165, 1.54) is 0 Å². The summed E-state index contributed by atoms with van der Waals surface area (Å²) in [4.78, 5) is 0. The minimum atomic E-state index is -0.0739. The molecule has 0 amide bonds. The number of halogens is 2. The summed E-state index contributed by atoms with van der Waals surface area (Å²) in [5, 5.41) is 3.39. The molecule has 1 aromatic carbocycles. The molecule has 3 heteroatoms. The summed E-state index contributed by atoms with van der Waals surface area (Å²) < 4.78 is 14.9. The van der Waals surface area contributed by atoms with Crippen LogP contribution in [0.5, 0.6) is 0 Å². The Labute approximate surface area is 117 Å². The fourth-order valence-electron chi connectivity index (χ4n) is 3.65. The predicted molar refractivity (Wildman–Crippen MR) is 77.3 cm³/mol. The zero-order valence-electron chi connectivity index (χ0n) is 11.3. The summed E-state index contributed by atoms with van der Waals surface area (Å²) in [6, 6.07) is 5.98. The van der Waals surface area contributed by atoms with Gasteiger partial charge in [-0.25, -0.2) is 4.39 Å². The maximum absolute atomic E-state index is 14.1. The van der Waals surface area contributed by atoms with Gasteiger partial charge in [0.05, 0.1) is 0 Å². The average Bonchev–Trinajstić information content (AvgIpc) is 2.33. The van der Waals surface area contributed by atoms with Crippen LogP contribution in [-0.4, -0.2) is 13.1 Å². The molecule has 0 saturated heterocycles. The molecule has 0 radical (unpaired) electrons. The summed E-state index contributed by atoms with van der Waals surface area (Å²) in [5.74, 6) is 0.272. The molecule has 100 valence electrons. The third-order valence-electron chi connectivity index (χ3n) is 4.86. The van der Waals surface area contributed by atoms with Crippen molar-refractivity contribution in [3.63, 3.8) is 0 Å². The number of hydrogen-bond donors (Lipinski definition) is 1. The molecule has 2 unspecified atom stereocenters. The van der Waals surface area contributed by atoms with Crippen molar-refractivity contribution in [2.45, 2.75) is 45.1 Å². The van der Waals surface area contributed by atoms with E-state index in [0.29, 0.717) is 12.0 Å². The first-order chi connectivity index (χ1) is 8.58. The molecule has 1 aliphatic carbocycles. The quantitative estimate of drug-likeness (QED) is 0.864. The lowest BCUT2D eigenvalue weighted by molar-refractivity contribution is 0.0227. The number of nitrogens with one attached hydrogen (secondary N) is 1. The van der Waals surface area contributed by atoms with Gasteiger partial charge < -0.3 is 5.32 Å². The van der Waals surface area contributed by atoms with Crippen LogP contribution in [0.15, 0.2) is 22.7 Å². The van der Waals surface area contributed by atoms with Gasteiger partial charge in [-0.2, -0.15) is 0 Å². The van der Waals surface area contributed by atoms with Gasteiger partial charge in [-0.3, -0.25) is 0 Å². The lowest BCUT2D eigenvalue weighted by Crippen LogP contribution is -2.57. The molecule has 1 aliphatic rings. The van der Waals surface area contributed by atoms with Crippen molar-refractivity contribution >= 4 is 15.9 Å². The Bertz CT molecular complexity index is 429. The SMILES string of the molecule is CCC1(CC)C(NC)CC1c1ccc(Br)cc1F. The standard InChI is InChI=1S/C15H21BrFN/c1-4-15(5-2)12(9-14(15)18-3)11-7-6-10(16)8-13(11)17/h6-8,12,14,18H,4-5,9H2,1-3H3. The van der Waals surface area contributed by atoms with Crippen molar-refractivity contribution in [3.8, 4) is 0 Å². The van der Waals surface area contributed by atoms with E-state index >= 15 is 0 Å². The van der Waals surface area contributed by atoms with Gasteiger partial charge in [0.1, 0.15) is 5.82 Å². The van der Waals surface area contributed by atoms with Crippen LogP contribution in [0, 0.1) is 11.2 Å². The Morgan fingerprint density at radius 3 is 2.56 bits per heavy atom. The molecule has 2 atom stereocenters. The molecule has 1 N–H and O–H groups in total. The average molecular weight is 314 g/mol. The maximum Gasteiger partial charge on any atom is 0.127 e. The van der Waals surface area contributed by atoms with Gasteiger partial charge in [-0.05, 0) is 55.3 Å². The molecule has 0 bridgehead atoms. The van der Waals surface area contributed by atoms with Crippen LogP contribution in [0.4, 0.5) is 4.39 Å². The maximum atomic E-state index is 14.1. The molecule has 0 aliphatic heterocycles. The molecule has 0 spiro atoms. The lowest BCUT2D eigenvalue weighted by Gasteiger charge is -2.56. The van der Waals surface area contributed by atoms with Gasteiger partial charge in [-0.15, -0.1) is 0 Å². The highest BCUT2D eigenvalue weighted by molar-refractivity contribution is 9.10. The van der Waals surface area contributed by atoms with E-state index in [2.05, 4.69) is 35.1 Å². The topological polar surface area (TPSA) is 12.0 Å². The molecule has 1 aromatic rings. The second-order valence-corrected chi connectivity index (χ2v) is 6.15. The van der Waals surface area contributed by atoms with Crippen molar-refractivity contribution in [2.24, 2.45) is 5.41 Å². The zero-order valence-corrected chi connectivity index (χ0v) is 12.8. The van der Waals surface area contributed by atoms with E-state index in [9.17, 15) is 4.39 Å². The Morgan fingerprint density at radius 2 is 2.06 bits per heavy atom. The molecule has 18 heavy (non-hydrogen) atoms. The highest BCUT2D eigenvalue weighted by Gasteiger charge is 2.52. The van der Waals surface area contributed by atoms with Crippen molar-refractivity contribution in [2.75, 3.05) is 7.05 Å². The lowest BCUT2D eigenvalue weighted by atomic mass is 9.52. The summed E-state index contributed by atoms with van der Waals surface area (Å²) in [6.07, 6.45) is 3.22. The van der Waals surface area contributed by atoms with Gasteiger partial charge >= 0.3 is 0 Å². The summed E-state index contributed by atoms with van der Waals surface area (Å²) in [6.45, 7) is 4.44. The minimum Gasteiger partial charge on any atom is -0.316 e. The van der Waals surface area contributed by atoms with Crippen LogP contribution in [0.1, 0.15) is 44.6 Å². The van der Waals surface area contributed by atoms with E-state index in [1.807, 2.05) is 19.2 Å². The molecule has 1 fully saturated rings. The minimum absolute atomic E-state index is 0.0739. The van der Waals surface area contributed by atoms with Gasteiger partial charge in [0.25, 0.3) is 0 Å². The van der Waals surface area contributed by atoms with E-state index in [0.717, 1.165) is 29.3 Å². The molecule has 0 heterocycles. The molecule has 0 aromatic heterocycles. The highest BCUT2D eigenvalue weighted by Crippen LogP contribution is 2.57. The second kappa shape index (κ2) is 5.30. The van der Waals surface area contributed by atoms with E-state index < -0.39 is 0 Å². The first kappa shape index (κ1) is 14.0. The summed E-state index contributed by atoms with van der Waals surface area (Å²) in [7, 11) is 2.01. The van der Waals surface area contributed by atoms with Crippen molar-refractivity contribution < 1.29 is 4.39 Å². The van der Waals surface area contributed by atoms with Crippen molar-refractivity contribution in [1.82, 2.24) is 5.32 Å². The summed E-state index contributed by atoms with van der Waals surface area (Å²) in [5.41, 5.74) is 1.09. The smallest absolute Gasteiger partial charge is 0.127 e. The molecular weight excluding hydrogens is 293 g/mol. The van der Waals surface area contributed by atoms with Gasteiger partial charge in [0.2, 0.25) is 0 Å². The molecular formula is C15H21BrFN. The van der Waals surface area contributed by atoms with Crippen LogP contribution in [0.2, 0.25) is 0 Å². The zero-order chi connectivity index (χ0) is 13.3. The Hall–Kier alpha value is -0.410. The Morgan fingerprint density at radius 1 is 1.39 bits per heavy atom. The van der Waals surface area contributed by atoms with E-state index in [1.54, 1.807) is 6.07 Å². The highest BCUT2D eigenvalue weighted by atomic mass is 79.9. The monoisotopic (exact) mass is 313 g/mol. The van der Waals surface area contributed by atoms with E-state index in [-0.39, 0.29) is 11.2 Å². The number of benzene rings is 1. The van der Waals surface area contributed by atoms with Crippen LogP contribution < -0.4 is 5.32 Å². The van der Waals surface area contributed by atoms with Crippen molar-refractivity contribution in [3.05, 3.63) is 34.1 Å². The fourth-order valence-corrected chi connectivity index (χ4v) is 3.98. The first-order valence-corrected chi connectivity index (χ1v) is 7.50.